The summed E-state index contributed by atoms with van der Waals surface area (Å²) < 4.78 is 13.7. The van der Waals surface area contributed by atoms with Crippen molar-refractivity contribution in [3.05, 3.63) is 39.0 Å². The first-order valence-corrected chi connectivity index (χ1v) is 4.80. The summed E-state index contributed by atoms with van der Waals surface area (Å²) in [4.78, 5) is 10.3. The van der Waals surface area contributed by atoms with E-state index in [0.717, 1.165) is 0 Å². The fourth-order valence-electron chi connectivity index (χ4n) is 1.42. The van der Waals surface area contributed by atoms with Crippen molar-refractivity contribution in [2.24, 2.45) is 0 Å². The number of benzene rings is 1. The lowest BCUT2D eigenvalue weighted by molar-refractivity contribution is -0.383. The van der Waals surface area contributed by atoms with Crippen molar-refractivity contribution in [3.63, 3.8) is 0 Å². The van der Waals surface area contributed by atoms with Crippen LogP contribution in [0.25, 0.3) is 10.1 Å². The monoisotopic (exact) mass is 211 g/mol. The quantitative estimate of drug-likeness (QED) is 0.536. The van der Waals surface area contributed by atoms with E-state index in [1.807, 2.05) is 0 Å². The molecule has 0 fully saturated rings. The molecule has 0 atom stereocenters. The van der Waals surface area contributed by atoms with E-state index < -0.39 is 10.7 Å². The summed E-state index contributed by atoms with van der Waals surface area (Å²) in [6, 6.07) is 2.76. The number of rotatable bonds is 1. The first-order chi connectivity index (χ1) is 6.61. The van der Waals surface area contributed by atoms with E-state index in [0.29, 0.717) is 15.6 Å². The Kier molecular flexibility index (Phi) is 1.96. The van der Waals surface area contributed by atoms with Crippen molar-refractivity contribution in [2.75, 3.05) is 0 Å². The maximum atomic E-state index is 13.3. The smallest absolute Gasteiger partial charge is 0.258 e. The van der Waals surface area contributed by atoms with Crippen molar-refractivity contribution in [3.8, 4) is 0 Å². The van der Waals surface area contributed by atoms with Gasteiger partial charge in [-0.25, -0.2) is 4.39 Å². The van der Waals surface area contributed by atoms with Gasteiger partial charge in [0.25, 0.3) is 5.69 Å². The van der Waals surface area contributed by atoms with Gasteiger partial charge in [-0.05, 0) is 24.4 Å². The van der Waals surface area contributed by atoms with Gasteiger partial charge in [-0.2, -0.15) is 0 Å². The van der Waals surface area contributed by atoms with E-state index in [1.54, 1.807) is 18.4 Å². The second kappa shape index (κ2) is 3.02. The third-order valence-electron chi connectivity index (χ3n) is 2.04. The van der Waals surface area contributed by atoms with Gasteiger partial charge in [0, 0.05) is 10.9 Å². The molecule has 0 saturated carbocycles. The van der Waals surface area contributed by atoms with E-state index >= 15 is 0 Å². The standard InChI is InChI=1S/C9H6FNO2S/c1-5-4-7(10)6-2-3-14-9(6)8(5)11(12)13/h2-4H,1H3. The van der Waals surface area contributed by atoms with E-state index in [-0.39, 0.29) is 5.69 Å². The Balaban J connectivity index is 2.93. The van der Waals surface area contributed by atoms with Crippen LogP contribution in [0.5, 0.6) is 0 Å². The van der Waals surface area contributed by atoms with Crippen LogP contribution in [0.1, 0.15) is 5.56 Å². The van der Waals surface area contributed by atoms with Crippen molar-refractivity contribution in [1.82, 2.24) is 0 Å². The van der Waals surface area contributed by atoms with Gasteiger partial charge < -0.3 is 0 Å². The van der Waals surface area contributed by atoms with Crippen molar-refractivity contribution >= 4 is 27.1 Å². The third kappa shape index (κ3) is 1.17. The molecule has 0 unspecified atom stereocenters. The van der Waals surface area contributed by atoms with E-state index in [9.17, 15) is 14.5 Å². The van der Waals surface area contributed by atoms with Crippen LogP contribution in [-0.2, 0) is 0 Å². The highest BCUT2D eigenvalue weighted by Crippen LogP contribution is 2.34. The van der Waals surface area contributed by atoms with Crippen LogP contribution < -0.4 is 0 Å². The minimum atomic E-state index is -0.465. The van der Waals surface area contributed by atoms with Crippen molar-refractivity contribution in [1.29, 1.82) is 0 Å². The Morgan fingerprint density at radius 2 is 2.29 bits per heavy atom. The molecule has 2 rings (SSSR count). The number of nitro benzene ring substituents is 1. The molecule has 3 nitrogen and oxygen atoms in total. The highest BCUT2D eigenvalue weighted by atomic mass is 32.1. The zero-order valence-electron chi connectivity index (χ0n) is 7.28. The molecule has 0 radical (unpaired) electrons. The minimum absolute atomic E-state index is 0.0106. The number of nitro groups is 1. The van der Waals surface area contributed by atoms with Gasteiger partial charge in [0.2, 0.25) is 0 Å². The predicted molar refractivity (Wildman–Crippen MR) is 53.2 cm³/mol. The molecule has 5 heteroatoms. The zero-order chi connectivity index (χ0) is 10.3. The highest BCUT2D eigenvalue weighted by Gasteiger charge is 2.19. The molecular weight excluding hydrogens is 205 g/mol. The first-order valence-electron chi connectivity index (χ1n) is 3.92. The average Bonchev–Trinajstić information content (AvgIpc) is 2.51. The molecule has 0 bridgehead atoms. The highest BCUT2D eigenvalue weighted by molar-refractivity contribution is 7.17. The van der Waals surface area contributed by atoms with Crippen LogP contribution in [0.3, 0.4) is 0 Å². The van der Waals surface area contributed by atoms with E-state index in [2.05, 4.69) is 0 Å². The maximum absolute atomic E-state index is 13.3. The van der Waals surface area contributed by atoms with Crippen LogP contribution in [-0.4, -0.2) is 4.92 Å². The summed E-state index contributed by atoms with van der Waals surface area (Å²) in [5.74, 6) is -0.399. The van der Waals surface area contributed by atoms with Gasteiger partial charge >= 0.3 is 0 Å². The molecule has 1 heterocycles. The average molecular weight is 211 g/mol. The molecule has 1 aromatic heterocycles. The lowest BCUT2D eigenvalue weighted by atomic mass is 10.1. The summed E-state index contributed by atoms with van der Waals surface area (Å²) in [6.07, 6.45) is 0. The molecule has 14 heavy (non-hydrogen) atoms. The number of fused-ring (bicyclic) bond motifs is 1. The van der Waals surface area contributed by atoms with Gasteiger partial charge in [-0.15, -0.1) is 11.3 Å². The molecule has 0 aliphatic rings. The van der Waals surface area contributed by atoms with Crippen LogP contribution in [0.4, 0.5) is 10.1 Å². The van der Waals surface area contributed by atoms with Gasteiger partial charge in [0.05, 0.1) is 4.92 Å². The second-order valence-corrected chi connectivity index (χ2v) is 3.86. The fourth-order valence-corrected chi connectivity index (χ4v) is 2.40. The van der Waals surface area contributed by atoms with Crippen molar-refractivity contribution in [2.45, 2.75) is 6.92 Å². The summed E-state index contributed by atoms with van der Waals surface area (Å²) >= 11 is 1.19. The van der Waals surface area contributed by atoms with Crippen LogP contribution >= 0.6 is 11.3 Å². The summed E-state index contributed by atoms with van der Waals surface area (Å²) in [7, 11) is 0. The molecule has 72 valence electrons. The van der Waals surface area contributed by atoms with Gasteiger partial charge in [0.1, 0.15) is 10.5 Å². The molecular formula is C9H6FNO2S. The number of hydrogen-bond donors (Lipinski definition) is 0. The summed E-state index contributed by atoms with van der Waals surface area (Å²) in [6.45, 7) is 1.54. The Labute approximate surface area is 82.9 Å². The lowest BCUT2D eigenvalue weighted by Crippen LogP contribution is -1.93. The number of aryl methyl sites for hydroxylation is 1. The molecule has 1 aromatic carbocycles. The normalized spacial score (nSPS) is 10.7. The van der Waals surface area contributed by atoms with Gasteiger partial charge in [0.15, 0.2) is 0 Å². The minimum Gasteiger partial charge on any atom is -0.258 e. The fraction of sp³-hybridized carbons (Fsp3) is 0.111. The molecule has 0 amide bonds. The summed E-state index contributed by atoms with van der Waals surface area (Å²) in [5, 5.41) is 12.7. The molecule has 0 aliphatic heterocycles. The topological polar surface area (TPSA) is 43.1 Å². The molecule has 2 aromatic rings. The summed E-state index contributed by atoms with van der Waals surface area (Å²) in [5.41, 5.74) is 0.374. The van der Waals surface area contributed by atoms with Crippen molar-refractivity contribution < 1.29 is 9.31 Å². The number of nitrogens with zero attached hydrogens (tertiary/aromatic N) is 1. The number of thiophene rings is 1. The Bertz CT molecular complexity index is 521. The van der Waals surface area contributed by atoms with Gasteiger partial charge in [-0.3, -0.25) is 10.1 Å². The van der Waals surface area contributed by atoms with Crippen LogP contribution in [0, 0.1) is 22.9 Å². The van der Waals surface area contributed by atoms with Gasteiger partial charge in [-0.1, -0.05) is 0 Å². The molecule has 0 saturated heterocycles. The lowest BCUT2D eigenvalue weighted by Gasteiger charge is -1.99. The van der Waals surface area contributed by atoms with Crippen LogP contribution in [0.2, 0.25) is 0 Å². The largest absolute Gasteiger partial charge is 0.290 e. The Hall–Kier alpha value is -1.49. The Morgan fingerprint density at radius 1 is 1.57 bits per heavy atom. The second-order valence-electron chi connectivity index (χ2n) is 2.94. The zero-order valence-corrected chi connectivity index (χ0v) is 8.10. The van der Waals surface area contributed by atoms with E-state index in [4.69, 9.17) is 0 Å². The SMILES string of the molecule is Cc1cc(F)c2ccsc2c1[N+](=O)[O-]. The Morgan fingerprint density at radius 3 is 2.93 bits per heavy atom. The number of halogens is 1. The molecule has 0 spiro atoms. The third-order valence-corrected chi connectivity index (χ3v) is 2.96. The van der Waals surface area contributed by atoms with E-state index in [1.165, 1.54) is 17.4 Å². The molecule has 0 N–H and O–H groups in total. The number of hydrogen-bond acceptors (Lipinski definition) is 3. The predicted octanol–water partition coefficient (Wildman–Crippen LogP) is 3.26. The maximum Gasteiger partial charge on any atom is 0.290 e. The first kappa shape index (κ1) is 9.08. The molecule has 0 aliphatic carbocycles. The van der Waals surface area contributed by atoms with Crippen LogP contribution in [0.15, 0.2) is 17.5 Å².